The summed E-state index contributed by atoms with van der Waals surface area (Å²) in [6, 6.07) is 10.0. The molecule has 0 aliphatic heterocycles. The molecule has 2 N–H and O–H groups in total. The van der Waals surface area contributed by atoms with Crippen molar-refractivity contribution in [2.75, 3.05) is 6.54 Å². The molecule has 0 bridgehead atoms. The molecule has 1 aliphatic rings. The molecule has 6 heteroatoms. The summed E-state index contributed by atoms with van der Waals surface area (Å²) in [5.41, 5.74) is 1.21. The van der Waals surface area contributed by atoms with Gasteiger partial charge in [-0.05, 0) is 58.4 Å². The van der Waals surface area contributed by atoms with Crippen molar-refractivity contribution in [3.63, 3.8) is 0 Å². The maximum Gasteiger partial charge on any atom is 0.223 e. The van der Waals surface area contributed by atoms with E-state index in [9.17, 15) is 13.2 Å². The molecule has 0 saturated heterocycles. The molecule has 1 fully saturated rings. The van der Waals surface area contributed by atoms with Crippen molar-refractivity contribution in [3.05, 3.63) is 35.9 Å². The zero-order chi connectivity index (χ0) is 18.5. The number of nitrogens with one attached hydrogen (secondary N) is 2. The Morgan fingerprint density at radius 1 is 1.08 bits per heavy atom. The van der Waals surface area contributed by atoms with Crippen molar-refractivity contribution in [2.45, 2.75) is 63.7 Å². The van der Waals surface area contributed by atoms with E-state index in [0.29, 0.717) is 19.4 Å². The summed E-state index contributed by atoms with van der Waals surface area (Å²) in [6.45, 7) is 5.73. The van der Waals surface area contributed by atoms with Crippen molar-refractivity contribution in [1.82, 2.24) is 10.0 Å². The molecular weight excluding hydrogens is 336 g/mol. The van der Waals surface area contributed by atoms with Gasteiger partial charge < -0.3 is 5.32 Å². The van der Waals surface area contributed by atoms with Gasteiger partial charge in [0.25, 0.3) is 0 Å². The smallest absolute Gasteiger partial charge is 0.223 e. The summed E-state index contributed by atoms with van der Waals surface area (Å²) in [6.07, 6.45) is 3.72. The molecule has 5 nitrogen and oxygen atoms in total. The quantitative estimate of drug-likeness (QED) is 0.813. The van der Waals surface area contributed by atoms with E-state index in [1.807, 2.05) is 18.2 Å². The van der Waals surface area contributed by atoms with Crippen LogP contribution in [0.5, 0.6) is 0 Å². The number of amides is 1. The fraction of sp³-hybridized carbons (Fsp3) is 0.632. The lowest BCUT2D eigenvalue weighted by Gasteiger charge is -2.30. The van der Waals surface area contributed by atoms with Crippen LogP contribution in [0.15, 0.2) is 30.3 Å². The van der Waals surface area contributed by atoms with Crippen molar-refractivity contribution >= 4 is 15.9 Å². The van der Waals surface area contributed by atoms with Gasteiger partial charge in [0, 0.05) is 18.5 Å². The normalized spacial score (nSPS) is 21.7. The predicted molar refractivity (Wildman–Crippen MR) is 101 cm³/mol. The molecule has 0 aromatic heterocycles. The van der Waals surface area contributed by atoms with Crippen molar-refractivity contribution in [1.29, 1.82) is 0 Å². The van der Waals surface area contributed by atoms with Crippen LogP contribution in [0.4, 0.5) is 0 Å². The Labute approximate surface area is 151 Å². The maximum atomic E-state index is 12.3. The van der Waals surface area contributed by atoms with E-state index < -0.39 is 14.8 Å². The minimum Gasteiger partial charge on any atom is -0.356 e. The van der Waals surface area contributed by atoms with Crippen LogP contribution in [0.3, 0.4) is 0 Å². The van der Waals surface area contributed by atoms with Gasteiger partial charge in [-0.2, -0.15) is 0 Å². The van der Waals surface area contributed by atoms with E-state index in [4.69, 9.17) is 0 Å². The first-order valence-corrected chi connectivity index (χ1v) is 10.5. The zero-order valence-corrected chi connectivity index (χ0v) is 16.2. The molecule has 0 radical (unpaired) electrons. The monoisotopic (exact) mass is 366 g/mol. The third-order valence-corrected chi connectivity index (χ3v) is 7.04. The number of sulfonamides is 1. The highest BCUT2D eigenvalue weighted by molar-refractivity contribution is 7.90. The first-order valence-electron chi connectivity index (χ1n) is 9.02. The first kappa shape index (κ1) is 19.9. The molecule has 0 atom stereocenters. The Morgan fingerprint density at radius 2 is 1.68 bits per heavy atom. The Hall–Kier alpha value is -1.40. The predicted octanol–water partition coefficient (Wildman–Crippen LogP) is 2.62. The number of benzene rings is 1. The van der Waals surface area contributed by atoms with Gasteiger partial charge in [-0.25, -0.2) is 13.1 Å². The minimum absolute atomic E-state index is 0.00818. The van der Waals surface area contributed by atoms with Crippen LogP contribution in [0, 0.1) is 5.92 Å². The van der Waals surface area contributed by atoms with Crippen LogP contribution in [-0.2, 0) is 21.2 Å². The van der Waals surface area contributed by atoms with Gasteiger partial charge in [0.15, 0.2) is 0 Å². The van der Waals surface area contributed by atoms with Gasteiger partial charge in [-0.15, -0.1) is 0 Å². The third-order valence-electron chi connectivity index (χ3n) is 4.78. The van der Waals surface area contributed by atoms with Gasteiger partial charge in [0.2, 0.25) is 15.9 Å². The highest BCUT2D eigenvalue weighted by atomic mass is 32.2. The number of carbonyl (C=O) groups excluding carboxylic acids is 1. The van der Waals surface area contributed by atoms with Gasteiger partial charge >= 0.3 is 0 Å². The van der Waals surface area contributed by atoms with Gasteiger partial charge in [-0.1, -0.05) is 30.3 Å². The zero-order valence-electron chi connectivity index (χ0n) is 15.4. The summed E-state index contributed by atoms with van der Waals surface area (Å²) in [4.78, 5) is 12.3. The molecule has 0 heterocycles. The maximum absolute atomic E-state index is 12.3. The Morgan fingerprint density at radius 3 is 2.24 bits per heavy atom. The Balaban J connectivity index is 1.73. The van der Waals surface area contributed by atoms with Crippen LogP contribution in [0.2, 0.25) is 0 Å². The van der Waals surface area contributed by atoms with Gasteiger partial charge in [-0.3, -0.25) is 4.79 Å². The number of hydrogen-bond donors (Lipinski definition) is 2. The fourth-order valence-corrected chi connectivity index (χ4v) is 4.02. The molecule has 1 aromatic carbocycles. The van der Waals surface area contributed by atoms with E-state index in [1.54, 1.807) is 20.8 Å². The summed E-state index contributed by atoms with van der Waals surface area (Å²) in [5.74, 6) is 0.0826. The molecule has 1 aliphatic carbocycles. The lowest BCUT2D eigenvalue weighted by Crippen LogP contribution is -2.46. The lowest BCUT2D eigenvalue weighted by molar-refractivity contribution is -0.125. The summed E-state index contributed by atoms with van der Waals surface area (Å²) >= 11 is 0. The van der Waals surface area contributed by atoms with Crippen LogP contribution in [-0.4, -0.2) is 31.7 Å². The molecule has 1 amide bonds. The highest BCUT2D eigenvalue weighted by Gasteiger charge is 2.33. The molecule has 25 heavy (non-hydrogen) atoms. The Kier molecular flexibility index (Phi) is 6.63. The van der Waals surface area contributed by atoms with Crippen molar-refractivity contribution in [3.8, 4) is 0 Å². The van der Waals surface area contributed by atoms with E-state index in [-0.39, 0.29) is 17.9 Å². The van der Waals surface area contributed by atoms with Crippen LogP contribution in [0.1, 0.15) is 52.0 Å². The summed E-state index contributed by atoms with van der Waals surface area (Å²) in [7, 11) is -3.33. The van der Waals surface area contributed by atoms with Gasteiger partial charge in [0.05, 0.1) is 4.75 Å². The van der Waals surface area contributed by atoms with Crippen molar-refractivity contribution in [2.24, 2.45) is 5.92 Å². The number of rotatable bonds is 6. The van der Waals surface area contributed by atoms with Crippen LogP contribution in [0.25, 0.3) is 0 Å². The van der Waals surface area contributed by atoms with E-state index in [2.05, 4.69) is 22.2 Å². The standard InChI is InChI=1S/C19H30N2O3S/c1-19(2,3)25(23,24)21-17-11-9-16(10-12-17)18(22)20-14-13-15-7-5-4-6-8-15/h4-8,16-17,21H,9-14H2,1-3H3,(H,20,22). The van der Waals surface area contributed by atoms with E-state index in [1.165, 1.54) is 5.56 Å². The molecule has 2 rings (SSSR count). The number of carbonyl (C=O) groups is 1. The summed E-state index contributed by atoms with van der Waals surface area (Å²) < 4.78 is 26.4. The second-order valence-corrected chi connectivity index (χ2v) is 10.3. The summed E-state index contributed by atoms with van der Waals surface area (Å²) in [5, 5.41) is 3.01. The van der Waals surface area contributed by atoms with Crippen molar-refractivity contribution < 1.29 is 13.2 Å². The topological polar surface area (TPSA) is 75.3 Å². The molecule has 140 valence electrons. The average Bonchev–Trinajstić information content (AvgIpc) is 2.55. The first-order chi connectivity index (χ1) is 11.7. The molecule has 0 spiro atoms. The lowest BCUT2D eigenvalue weighted by atomic mass is 9.86. The van der Waals surface area contributed by atoms with E-state index >= 15 is 0 Å². The second-order valence-electron chi connectivity index (χ2n) is 7.81. The SMILES string of the molecule is CC(C)(C)S(=O)(=O)NC1CCC(C(=O)NCCc2ccccc2)CC1. The minimum atomic E-state index is -3.33. The fourth-order valence-electron chi connectivity index (χ4n) is 2.99. The third kappa shape index (κ3) is 5.82. The van der Waals surface area contributed by atoms with Gasteiger partial charge in [0.1, 0.15) is 0 Å². The molecule has 1 saturated carbocycles. The Bertz CT molecular complexity index is 658. The average molecular weight is 367 g/mol. The highest BCUT2D eigenvalue weighted by Crippen LogP contribution is 2.26. The largest absolute Gasteiger partial charge is 0.356 e. The van der Waals surface area contributed by atoms with Crippen LogP contribution < -0.4 is 10.0 Å². The number of hydrogen-bond acceptors (Lipinski definition) is 3. The van der Waals surface area contributed by atoms with Crippen LogP contribution >= 0.6 is 0 Å². The molecule has 0 unspecified atom stereocenters. The van der Waals surface area contributed by atoms with E-state index in [0.717, 1.165) is 19.3 Å². The molecule has 1 aromatic rings. The molecular formula is C19H30N2O3S. The second kappa shape index (κ2) is 8.32.